The zero-order chi connectivity index (χ0) is 28.4. The quantitative estimate of drug-likeness (QED) is 0.205. The molecule has 1 saturated heterocycles. The van der Waals surface area contributed by atoms with Gasteiger partial charge in [-0.25, -0.2) is 0 Å². The van der Waals surface area contributed by atoms with Crippen LogP contribution in [0.15, 0.2) is 66.7 Å². The average molecular weight is 546 g/mol. The van der Waals surface area contributed by atoms with Crippen LogP contribution < -0.4 is 15.2 Å². The summed E-state index contributed by atoms with van der Waals surface area (Å²) in [6.45, 7) is 8.37. The molecule has 40 heavy (non-hydrogen) atoms. The van der Waals surface area contributed by atoms with Crippen LogP contribution in [0.3, 0.4) is 0 Å². The van der Waals surface area contributed by atoms with Crippen LogP contribution in [0.25, 0.3) is 0 Å². The largest absolute Gasteiger partial charge is 0.493 e. The van der Waals surface area contributed by atoms with Crippen LogP contribution in [0, 0.1) is 13.8 Å². The lowest BCUT2D eigenvalue weighted by atomic mass is 9.70. The van der Waals surface area contributed by atoms with Gasteiger partial charge >= 0.3 is 0 Å². The van der Waals surface area contributed by atoms with E-state index in [4.69, 9.17) is 19.9 Å². The molecule has 3 aromatic carbocycles. The van der Waals surface area contributed by atoms with Crippen molar-refractivity contribution in [2.75, 3.05) is 19.8 Å². The minimum Gasteiger partial charge on any atom is -0.493 e. The molecule has 5 nitrogen and oxygen atoms in total. The van der Waals surface area contributed by atoms with Crippen LogP contribution in [0.1, 0.15) is 92.0 Å². The van der Waals surface area contributed by atoms with Gasteiger partial charge in [0.15, 0.2) is 6.29 Å². The minimum atomic E-state index is -1.32. The molecule has 0 saturated carbocycles. The Morgan fingerprint density at radius 3 is 2.40 bits per heavy atom. The minimum absolute atomic E-state index is 0.185. The lowest BCUT2D eigenvalue weighted by molar-refractivity contribution is -0.105. The van der Waals surface area contributed by atoms with E-state index in [9.17, 15) is 5.11 Å². The van der Waals surface area contributed by atoms with E-state index in [1.807, 2.05) is 42.5 Å². The highest BCUT2D eigenvalue weighted by Crippen LogP contribution is 2.49. The van der Waals surface area contributed by atoms with Gasteiger partial charge in [0.2, 0.25) is 0 Å². The van der Waals surface area contributed by atoms with E-state index in [1.165, 1.54) is 0 Å². The molecule has 0 amide bonds. The topological polar surface area (TPSA) is 73.9 Å². The summed E-state index contributed by atoms with van der Waals surface area (Å²) in [5.74, 6) is 1.32. The molecule has 0 bridgehead atoms. The Labute approximate surface area is 240 Å². The number of aliphatic hydroxyl groups is 1. The smallest absolute Gasteiger partial charge is 0.199 e. The molecule has 1 aliphatic heterocycles. The third-order valence-electron chi connectivity index (χ3n) is 8.00. The number of nitrogens with two attached hydrogens (primary N) is 1. The second-order valence-electron chi connectivity index (χ2n) is 11.1. The summed E-state index contributed by atoms with van der Waals surface area (Å²) < 4.78 is 18.4. The van der Waals surface area contributed by atoms with Gasteiger partial charge in [0, 0.05) is 17.9 Å². The summed E-state index contributed by atoms with van der Waals surface area (Å²) in [5.41, 5.74) is 9.23. The number of hydrogen-bond donors (Lipinski definition) is 2. The highest BCUT2D eigenvalue weighted by Gasteiger charge is 2.43. The van der Waals surface area contributed by atoms with Crippen molar-refractivity contribution in [2.45, 2.75) is 89.9 Å². The van der Waals surface area contributed by atoms with Gasteiger partial charge in [-0.3, -0.25) is 0 Å². The Balaban J connectivity index is 1.73. The van der Waals surface area contributed by atoms with Crippen molar-refractivity contribution in [3.63, 3.8) is 0 Å². The zero-order valence-electron chi connectivity index (χ0n) is 24.5. The molecule has 3 N–H and O–H groups in total. The third-order valence-corrected chi connectivity index (χ3v) is 8.00. The van der Waals surface area contributed by atoms with Gasteiger partial charge in [0.05, 0.1) is 13.2 Å². The molecule has 216 valence electrons. The fourth-order valence-electron chi connectivity index (χ4n) is 6.03. The maximum absolute atomic E-state index is 13.0. The highest BCUT2D eigenvalue weighted by molar-refractivity contribution is 5.54. The molecule has 0 spiro atoms. The van der Waals surface area contributed by atoms with Crippen molar-refractivity contribution < 1.29 is 19.3 Å². The van der Waals surface area contributed by atoms with Crippen molar-refractivity contribution >= 4 is 0 Å². The molecule has 3 atom stereocenters. The molecule has 0 aromatic heterocycles. The van der Waals surface area contributed by atoms with Crippen molar-refractivity contribution in [2.24, 2.45) is 5.73 Å². The van der Waals surface area contributed by atoms with Crippen molar-refractivity contribution in [1.29, 1.82) is 0 Å². The summed E-state index contributed by atoms with van der Waals surface area (Å²) in [6, 6.07) is 22.4. The number of aryl methyl sites for hydroxylation is 2. The van der Waals surface area contributed by atoms with Crippen LogP contribution in [-0.4, -0.2) is 31.2 Å². The molecular formula is C35H47NO4. The summed E-state index contributed by atoms with van der Waals surface area (Å²) >= 11 is 0. The zero-order valence-corrected chi connectivity index (χ0v) is 24.5. The Morgan fingerprint density at radius 1 is 0.975 bits per heavy atom. The van der Waals surface area contributed by atoms with Gasteiger partial charge in [0.1, 0.15) is 17.1 Å². The van der Waals surface area contributed by atoms with E-state index >= 15 is 0 Å². The van der Waals surface area contributed by atoms with E-state index in [-0.39, 0.29) is 12.2 Å². The van der Waals surface area contributed by atoms with E-state index < -0.39 is 5.60 Å². The van der Waals surface area contributed by atoms with Crippen molar-refractivity contribution in [1.82, 2.24) is 0 Å². The Bertz CT molecular complexity index is 1170. The highest BCUT2D eigenvalue weighted by atomic mass is 16.7. The molecule has 0 aliphatic carbocycles. The molecule has 3 aromatic rings. The SMILES string of the molecule is CCC(c1ccccc1)C(O)(c1ccc(OC2CCCCO2)cc1)c1c(C)cc(C)cc1OCCCCCCN. The Kier molecular flexibility index (Phi) is 11.0. The molecule has 1 aliphatic rings. The molecule has 5 heteroatoms. The first-order valence-electron chi connectivity index (χ1n) is 15.1. The summed E-state index contributed by atoms with van der Waals surface area (Å²) in [6.07, 6.45) is 7.80. The van der Waals surface area contributed by atoms with Gasteiger partial charge in [-0.05, 0) is 92.9 Å². The van der Waals surface area contributed by atoms with Gasteiger partial charge in [-0.1, -0.05) is 68.3 Å². The number of rotatable bonds is 14. The molecule has 0 radical (unpaired) electrons. The predicted octanol–water partition coefficient (Wildman–Crippen LogP) is 7.54. The first kappa shape index (κ1) is 30.1. The molecule has 1 heterocycles. The van der Waals surface area contributed by atoms with Gasteiger partial charge in [-0.15, -0.1) is 0 Å². The molecule has 3 unspecified atom stereocenters. The lowest BCUT2D eigenvalue weighted by Crippen LogP contribution is -2.36. The number of benzene rings is 3. The predicted molar refractivity (Wildman–Crippen MR) is 162 cm³/mol. The van der Waals surface area contributed by atoms with Crippen LogP contribution in [0.2, 0.25) is 0 Å². The Morgan fingerprint density at radius 2 is 1.73 bits per heavy atom. The fraction of sp³-hybridized carbons (Fsp3) is 0.486. The van der Waals surface area contributed by atoms with Crippen molar-refractivity contribution in [3.05, 3.63) is 94.5 Å². The van der Waals surface area contributed by atoms with E-state index in [0.717, 1.165) is 104 Å². The molecular weight excluding hydrogens is 498 g/mol. The standard InChI is InChI=1S/C35H47NO4/c1-4-31(28-14-8-7-9-15-28)35(37,29-17-19-30(20-18-29)40-33-16-10-13-23-39-33)34-27(3)24-26(2)25-32(34)38-22-12-6-5-11-21-36/h7-9,14-15,17-20,24-25,31,33,37H,4-6,10-13,16,21-23,36H2,1-3H3. The Hall–Kier alpha value is -2.86. The molecule has 4 rings (SSSR count). The third kappa shape index (κ3) is 7.25. The van der Waals surface area contributed by atoms with Gasteiger partial charge < -0.3 is 25.1 Å². The number of ether oxygens (including phenoxy) is 3. The maximum Gasteiger partial charge on any atom is 0.199 e. The number of hydrogen-bond acceptors (Lipinski definition) is 5. The molecule has 1 fully saturated rings. The number of unbranched alkanes of at least 4 members (excludes halogenated alkanes) is 3. The first-order valence-corrected chi connectivity index (χ1v) is 15.1. The van der Waals surface area contributed by atoms with Gasteiger partial charge in [0.25, 0.3) is 0 Å². The second-order valence-corrected chi connectivity index (χ2v) is 11.1. The van der Waals surface area contributed by atoms with Crippen LogP contribution in [0.5, 0.6) is 11.5 Å². The normalized spacial score (nSPS) is 17.7. The monoisotopic (exact) mass is 545 g/mol. The maximum atomic E-state index is 13.0. The van der Waals surface area contributed by atoms with E-state index in [2.05, 4.69) is 45.0 Å². The summed E-state index contributed by atoms with van der Waals surface area (Å²) in [7, 11) is 0. The second kappa shape index (κ2) is 14.7. The summed E-state index contributed by atoms with van der Waals surface area (Å²) in [5, 5.41) is 13.0. The first-order chi connectivity index (χ1) is 19.5. The van der Waals surface area contributed by atoms with E-state index in [0.29, 0.717) is 6.61 Å². The average Bonchev–Trinajstić information content (AvgIpc) is 2.96. The van der Waals surface area contributed by atoms with E-state index in [1.54, 1.807) is 0 Å². The van der Waals surface area contributed by atoms with Crippen LogP contribution >= 0.6 is 0 Å². The van der Waals surface area contributed by atoms with Gasteiger partial charge in [-0.2, -0.15) is 0 Å². The fourth-order valence-corrected chi connectivity index (χ4v) is 6.03. The van der Waals surface area contributed by atoms with Crippen LogP contribution in [-0.2, 0) is 10.3 Å². The lowest BCUT2D eigenvalue weighted by Gasteiger charge is -2.39. The van der Waals surface area contributed by atoms with Crippen LogP contribution in [0.4, 0.5) is 0 Å². The van der Waals surface area contributed by atoms with Crippen molar-refractivity contribution in [3.8, 4) is 11.5 Å². The summed E-state index contributed by atoms with van der Waals surface area (Å²) in [4.78, 5) is 0.